The highest BCUT2D eigenvalue weighted by Crippen LogP contribution is 2.43. The van der Waals surface area contributed by atoms with Crippen molar-refractivity contribution in [2.24, 2.45) is 7.05 Å². The quantitative estimate of drug-likeness (QED) is 0.611. The number of nitrogens with zero attached hydrogens (tertiary/aromatic N) is 4. The van der Waals surface area contributed by atoms with Gasteiger partial charge < -0.3 is 10.2 Å². The largest absolute Gasteiger partial charge is 0.321 e. The van der Waals surface area contributed by atoms with Crippen LogP contribution in [0.1, 0.15) is 34.1 Å². The Kier molecular flexibility index (Phi) is 6.27. The number of carbonyl (C=O) groups excluding carboxylic acids is 1. The van der Waals surface area contributed by atoms with Gasteiger partial charge in [0.2, 0.25) is 0 Å². The maximum Gasteiger partial charge on any atom is 0.276 e. The van der Waals surface area contributed by atoms with Gasteiger partial charge in [-0.2, -0.15) is 5.10 Å². The van der Waals surface area contributed by atoms with Gasteiger partial charge in [0.1, 0.15) is 0 Å². The molecule has 1 aromatic heterocycles. The molecule has 7 heteroatoms. The molecule has 1 amide bonds. The molecule has 0 radical (unpaired) electrons. The Hall–Kier alpha value is -2.61. The summed E-state index contributed by atoms with van der Waals surface area (Å²) in [6.07, 6.45) is 0. The first-order valence-corrected chi connectivity index (χ1v) is 12.6. The first kappa shape index (κ1) is 22.2. The van der Waals surface area contributed by atoms with Gasteiger partial charge in [0.25, 0.3) is 5.91 Å². The Balaban J connectivity index is 1.28. The number of amides is 1. The molecule has 3 aromatic rings. The smallest absolute Gasteiger partial charge is 0.276 e. The van der Waals surface area contributed by atoms with E-state index in [4.69, 9.17) is 0 Å². The molecule has 2 aromatic carbocycles. The number of carbonyl (C=O) groups is 1. The monoisotopic (exact) mass is 461 g/mol. The maximum atomic E-state index is 13.1. The van der Waals surface area contributed by atoms with Crippen LogP contribution in [0.15, 0.2) is 47.4 Å². The summed E-state index contributed by atoms with van der Waals surface area (Å²) in [6.45, 7) is 10.9. The molecule has 1 fully saturated rings. The number of aromatic nitrogens is 2. The molecule has 1 N–H and O–H groups in total. The molecule has 3 heterocycles. The van der Waals surface area contributed by atoms with E-state index in [1.165, 1.54) is 21.6 Å². The van der Waals surface area contributed by atoms with Gasteiger partial charge in [-0.3, -0.25) is 14.4 Å². The van der Waals surface area contributed by atoms with Crippen molar-refractivity contribution in [2.45, 2.75) is 31.0 Å². The van der Waals surface area contributed by atoms with E-state index in [2.05, 4.69) is 64.4 Å². The zero-order valence-corrected chi connectivity index (χ0v) is 20.4. The molecule has 0 unspecified atom stereocenters. The van der Waals surface area contributed by atoms with Crippen LogP contribution in [-0.4, -0.2) is 58.2 Å². The van der Waals surface area contributed by atoms with E-state index in [1.54, 1.807) is 11.8 Å². The second-order valence-corrected chi connectivity index (χ2v) is 9.97. The maximum absolute atomic E-state index is 13.1. The highest BCUT2D eigenvalue weighted by molar-refractivity contribution is 7.98. The molecule has 5 rings (SSSR count). The molecular formula is C26H31N5OS. The molecule has 0 atom stereocenters. The Bertz CT molecular complexity index is 1160. The van der Waals surface area contributed by atoms with Crippen molar-refractivity contribution in [1.82, 2.24) is 19.6 Å². The number of likely N-dealkylation sites (N-methyl/N-ethyl adjacent to an activating group) is 1. The van der Waals surface area contributed by atoms with Crippen LogP contribution in [0.4, 0.5) is 5.69 Å². The second-order valence-electron chi connectivity index (χ2n) is 8.95. The highest BCUT2D eigenvalue weighted by atomic mass is 32.2. The van der Waals surface area contributed by atoms with Gasteiger partial charge in [0.05, 0.1) is 5.69 Å². The lowest BCUT2D eigenvalue weighted by atomic mass is 10.0. The molecule has 172 valence electrons. The molecule has 1 saturated heterocycles. The normalized spacial score (nSPS) is 16.3. The summed E-state index contributed by atoms with van der Waals surface area (Å²) in [6, 6.07) is 14.7. The van der Waals surface area contributed by atoms with Crippen molar-refractivity contribution in [1.29, 1.82) is 0 Å². The minimum atomic E-state index is -0.146. The number of aryl methyl sites for hydroxylation is 2. The third-order valence-electron chi connectivity index (χ3n) is 6.65. The first-order chi connectivity index (χ1) is 16.0. The number of nitrogens with one attached hydrogen (secondary N) is 1. The summed E-state index contributed by atoms with van der Waals surface area (Å²) in [5.74, 6) is 0.610. The molecule has 2 aliphatic rings. The van der Waals surface area contributed by atoms with E-state index in [0.717, 1.165) is 62.0 Å². The van der Waals surface area contributed by atoms with Crippen LogP contribution in [0.25, 0.3) is 11.3 Å². The number of anilines is 1. The summed E-state index contributed by atoms with van der Waals surface area (Å²) in [7, 11) is 1.92. The van der Waals surface area contributed by atoms with Gasteiger partial charge in [0.15, 0.2) is 5.69 Å². The average Bonchev–Trinajstić information content (AvgIpc) is 3.18. The van der Waals surface area contributed by atoms with Gasteiger partial charge in [-0.1, -0.05) is 30.7 Å². The Morgan fingerprint density at radius 1 is 1.06 bits per heavy atom. The summed E-state index contributed by atoms with van der Waals surface area (Å²) in [5.41, 5.74) is 7.04. The van der Waals surface area contributed by atoms with E-state index in [1.807, 2.05) is 23.9 Å². The summed E-state index contributed by atoms with van der Waals surface area (Å²) < 4.78 is 1.85. The van der Waals surface area contributed by atoms with Crippen molar-refractivity contribution >= 4 is 23.4 Å². The SMILES string of the molecule is CCN1CCN(Cc2ccc(NC(=O)c3nn(C)c4c3CSc3ccc(C)cc3-4)cc2)CC1. The molecule has 2 aliphatic heterocycles. The number of fused-ring (bicyclic) bond motifs is 3. The Labute approximate surface area is 200 Å². The van der Waals surface area contributed by atoms with E-state index < -0.39 is 0 Å². The molecular weight excluding hydrogens is 430 g/mol. The number of hydrogen-bond acceptors (Lipinski definition) is 5. The average molecular weight is 462 g/mol. The number of benzene rings is 2. The fourth-order valence-electron chi connectivity index (χ4n) is 4.73. The zero-order chi connectivity index (χ0) is 22.9. The minimum absolute atomic E-state index is 0.146. The molecule has 0 aliphatic carbocycles. The first-order valence-electron chi connectivity index (χ1n) is 11.7. The van der Waals surface area contributed by atoms with E-state index in [9.17, 15) is 4.79 Å². The van der Waals surface area contributed by atoms with E-state index in [0.29, 0.717) is 5.69 Å². The zero-order valence-electron chi connectivity index (χ0n) is 19.6. The molecule has 0 bridgehead atoms. The van der Waals surface area contributed by atoms with E-state index >= 15 is 0 Å². The lowest BCUT2D eigenvalue weighted by Gasteiger charge is -2.34. The number of hydrogen-bond donors (Lipinski definition) is 1. The number of rotatable bonds is 5. The third-order valence-corrected chi connectivity index (χ3v) is 7.75. The van der Waals surface area contributed by atoms with Crippen molar-refractivity contribution in [3.05, 3.63) is 64.8 Å². The molecule has 0 saturated carbocycles. The van der Waals surface area contributed by atoms with Gasteiger partial charge in [-0.25, -0.2) is 0 Å². The Morgan fingerprint density at radius 2 is 1.79 bits per heavy atom. The summed E-state index contributed by atoms with van der Waals surface area (Å²) in [5, 5.41) is 7.66. The standard InChI is InChI=1S/C26H31N5OS/c1-4-30-11-13-31(14-12-30)16-19-6-8-20(9-7-19)27-26(32)24-22-17-33-23-10-5-18(2)15-21(23)25(22)29(3)28-24/h5-10,15H,4,11-14,16-17H2,1-3H3,(H,27,32). The lowest BCUT2D eigenvalue weighted by molar-refractivity contribution is 0.102. The Morgan fingerprint density at radius 3 is 2.52 bits per heavy atom. The van der Waals surface area contributed by atoms with E-state index in [-0.39, 0.29) is 5.91 Å². The fraction of sp³-hybridized carbons (Fsp3) is 0.385. The van der Waals surface area contributed by atoms with Gasteiger partial charge in [-0.05, 0) is 43.3 Å². The predicted molar refractivity (Wildman–Crippen MR) is 135 cm³/mol. The van der Waals surface area contributed by atoms with Crippen LogP contribution in [-0.2, 0) is 19.3 Å². The van der Waals surface area contributed by atoms with Crippen molar-refractivity contribution in [3.8, 4) is 11.3 Å². The van der Waals surface area contributed by atoms with Crippen molar-refractivity contribution in [2.75, 3.05) is 38.0 Å². The number of thioether (sulfide) groups is 1. The predicted octanol–water partition coefficient (Wildman–Crippen LogP) is 4.39. The second kappa shape index (κ2) is 9.33. The van der Waals surface area contributed by atoms with Gasteiger partial charge in [0, 0.05) is 67.2 Å². The highest BCUT2D eigenvalue weighted by Gasteiger charge is 2.28. The molecule has 33 heavy (non-hydrogen) atoms. The van der Waals surface area contributed by atoms with Crippen LogP contribution < -0.4 is 5.32 Å². The van der Waals surface area contributed by atoms with Gasteiger partial charge in [-0.15, -0.1) is 11.8 Å². The summed E-state index contributed by atoms with van der Waals surface area (Å²) in [4.78, 5) is 19.4. The number of piperazine rings is 1. The van der Waals surface area contributed by atoms with Crippen LogP contribution in [0.5, 0.6) is 0 Å². The van der Waals surface area contributed by atoms with Crippen LogP contribution in [0.2, 0.25) is 0 Å². The fourth-order valence-corrected chi connectivity index (χ4v) is 5.78. The van der Waals surface area contributed by atoms with Crippen molar-refractivity contribution in [3.63, 3.8) is 0 Å². The molecule has 0 spiro atoms. The lowest BCUT2D eigenvalue weighted by Crippen LogP contribution is -2.45. The van der Waals surface area contributed by atoms with Crippen LogP contribution >= 0.6 is 11.8 Å². The molecule has 6 nitrogen and oxygen atoms in total. The summed E-state index contributed by atoms with van der Waals surface area (Å²) >= 11 is 1.77. The van der Waals surface area contributed by atoms with Crippen molar-refractivity contribution < 1.29 is 4.79 Å². The third kappa shape index (κ3) is 4.58. The van der Waals surface area contributed by atoms with Crippen LogP contribution in [0, 0.1) is 6.92 Å². The topological polar surface area (TPSA) is 53.4 Å². The minimum Gasteiger partial charge on any atom is -0.321 e. The van der Waals surface area contributed by atoms with Gasteiger partial charge >= 0.3 is 0 Å². The van der Waals surface area contributed by atoms with Crippen LogP contribution in [0.3, 0.4) is 0 Å².